The van der Waals surface area contributed by atoms with E-state index >= 15 is 0 Å². The largest absolute Gasteiger partial charge is 0.338 e. The fourth-order valence-corrected chi connectivity index (χ4v) is 3.66. The van der Waals surface area contributed by atoms with Crippen molar-refractivity contribution in [3.05, 3.63) is 35.2 Å². The maximum Gasteiger partial charge on any atom is 0.219 e. The monoisotopic (exact) mass is 327 g/mol. The van der Waals surface area contributed by atoms with Crippen LogP contribution in [0.1, 0.15) is 31.0 Å². The Kier molecular flexibility index (Phi) is 4.55. The second kappa shape index (κ2) is 6.63. The summed E-state index contributed by atoms with van der Waals surface area (Å²) in [4.78, 5) is 20.1. The van der Waals surface area contributed by atoms with Crippen LogP contribution in [0.5, 0.6) is 0 Å². The number of allylic oxidation sites excluding steroid dienone is 2. The van der Waals surface area contributed by atoms with Crippen molar-refractivity contribution in [2.24, 2.45) is 12.0 Å². The molecule has 6 nitrogen and oxygen atoms in total. The van der Waals surface area contributed by atoms with Gasteiger partial charge in [0.1, 0.15) is 0 Å². The fraction of sp³-hybridized carbons (Fsp3) is 0.500. The molecule has 3 heterocycles. The van der Waals surface area contributed by atoms with Crippen LogP contribution < -0.4 is 4.90 Å². The topological polar surface area (TPSA) is 53.7 Å². The fourth-order valence-electron chi connectivity index (χ4n) is 3.66. The minimum atomic E-state index is 0.118. The van der Waals surface area contributed by atoms with Crippen molar-refractivity contribution in [1.82, 2.24) is 14.7 Å². The van der Waals surface area contributed by atoms with E-state index in [4.69, 9.17) is 5.10 Å². The molecule has 3 rings (SSSR count). The molecule has 0 N–H and O–H groups in total. The van der Waals surface area contributed by atoms with Gasteiger partial charge in [0, 0.05) is 63.7 Å². The third-order valence-corrected chi connectivity index (χ3v) is 4.85. The number of aliphatic imine (C=N–C) groups is 1. The highest BCUT2D eigenvalue weighted by Crippen LogP contribution is 2.34. The Morgan fingerprint density at radius 3 is 2.79 bits per heavy atom. The highest BCUT2D eigenvalue weighted by Gasteiger charge is 2.30. The number of hydrogen-bond donors (Lipinski definition) is 0. The molecular weight excluding hydrogens is 302 g/mol. The van der Waals surface area contributed by atoms with Crippen LogP contribution in [-0.4, -0.2) is 46.9 Å². The number of amides is 1. The van der Waals surface area contributed by atoms with E-state index in [0.717, 1.165) is 49.4 Å². The molecular formula is C18H25N5O. The zero-order chi connectivity index (χ0) is 17.3. The summed E-state index contributed by atoms with van der Waals surface area (Å²) in [5, 5.41) is 4.78. The van der Waals surface area contributed by atoms with Crippen LogP contribution in [0.25, 0.3) is 0 Å². The van der Waals surface area contributed by atoms with Crippen molar-refractivity contribution >= 4 is 17.9 Å². The van der Waals surface area contributed by atoms with Crippen molar-refractivity contribution in [3.63, 3.8) is 0 Å². The maximum absolute atomic E-state index is 11.8. The summed E-state index contributed by atoms with van der Waals surface area (Å²) in [6.07, 6.45) is 6.72. The van der Waals surface area contributed by atoms with Crippen molar-refractivity contribution in [1.29, 1.82) is 0 Å². The van der Waals surface area contributed by atoms with Gasteiger partial charge in [0.15, 0.2) is 5.82 Å². The van der Waals surface area contributed by atoms with Crippen molar-refractivity contribution < 1.29 is 4.79 Å². The Balaban J connectivity index is 2.05. The van der Waals surface area contributed by atoms with Gasteiger partial charge in [0.05, 0.1) is 6.54 Å². The number of carbonyl (C=O) groups excluding carboxylic acids is 1. The summed E-state index contributed by atoms with van der Waals surface area (Å²) < 4.78 is 1.96. The maximum atomic E-state index is 11.8. The summed E-state index contributed by atoms with van der Waals surface area (Å²) >= 11 is 0. The van der Waals surface area contributed by atoms with Crippen LogP contribution in [0.4, 0.5) is 5.82 Å². The van der Waals surface area contributed by atoms with Crippen LogP contribution in [0.2, 0.25) is 0 Å². The van der Waals surface area contributed by atoms with Crippen LogP contribution in [0.15, 0.2) is 28.9 Å². The van der Waals surface area contributed by atoms with E-state index < -0.39 is 0 Å². The van der Waals surface area contributed by atoms with Gasteiger partial charge < -0.3 is 9.80 Å². The van der Waals surface area contributed by atoms with E-state index in [1.807, 2.05) is 28.9 Å². The van der Waals surface area contributed by atoms with Crippen LogP contribution in [0.3, 0.4) is 0 Å². The molecule has 1 amide bonds. The third kappa shape index (κ3) is 2.77. The number of fused-ring (bicyclic) bond motifs is 1. The van der Waals surface area contributed by atoms with Gasteiger partial charge in [-0.2, -0.15) is 5.10 Å². The summed E-state index contributed by atoms with van der Waals surface area (Å²) in [5.41, 5.74) is 4.65. The molecule has 0 atom stereocenters. The lowest BCUT2D eigenvalue weighted by Gasteiger charge is -2.32. The van der Waals surface area contributed by atoms with Crippen LogP contribution >= 0.6 is 0 Å². The standard InChI is InChI=1S/C18H25N5O/c1-5-16-14(11-19-3)7-6-9-23(16)18-15-12-22(13(2)24)10-8-17(15)21(4)20-18/h5,11H,1,6-10,12H2,2-4H3. The summed E-state index contributed by atoms with van der Waals surface area (Å²) in [6.45, 7) is 7.93. The second-order valence-corrected chi connectivity index (χ2v) is 6.32. The molecule has 0 spiro atoms. The third-order valence-electron chi connectivity index (χ3n) is 4.85. The molecule has 6 heteroatoms. The highest BCUT2D eigenvalue weighted by molar-refractivity contribution is 5.82. The Morgan fingerprint density at radius 2 is 2.12 bits per heavy atom. The first-order chi connectivity index (χ1) is 11.6. The zero-order valence-electron chi connectivity index (χ0n) is 14.7. The van der Waals surface area contributed by atoms with Gasteiger partial charge in [-0.15, -0.1) is 0 Å². The first-order valence-corrected chi connectivity index (χ1v) is 8.42. The number of carbonyl (C=O) groups is 1. The molecule has 128 valence electrons. The predicted molar refractivity (Wildman–Crippen MR) is 96.2 cm³/mol. The van der Waals surface area contributed by atoms with E-state index in [0.29, 0.717) is 6.54 Å². The van der Waals surface area contributed by atoms with Gasteiger partial charge >= 0.3 is 0 Å². The van der Waals surface area contributed by atoms with E-state index in [2.05, 4.69) is 16.5 Å². The molecule has 24 heavy (non-hydrogen) atoms. The van der Waals surface area contributed by atoms with Crippen molar-refractivity contribution in [3.8, 4) is 0 Å². The lowest BCUT2D eigenvalue weighted by atomic mass is 10.0. The molecule has 0 fully saturated rings. The van der Waals surface area contributed by atoms with Gasteiger partial charge in [0.2, 0.25) is 5.91 Å². The number of aryl methyl sites for hydroxylation is 1. The van der Waals surface area contributed by atoms with Crippen molar-refractivity contribution in [2.45, 2.75) is 32.7 Å². The molecule has 0 saturated carbocycles. The summed E-state index contributed by atoms with van der Waals surface area (Å²) in [6, 6.07) is 0. The number of aromatic nitrogens is 2. The molecule has 2 aliphatic rings. The predicted octanol–water partition coefficient (Wildman–Crippen LogP) is 2.07. The zero-order valence-corrected chi connectivity index (χ0v) is 14.7. The molecule has 0 bridgehead atoms. The van der Waals surface area contributed by atoms with Gasteiger partial charge in [-0.1, -0.05) is 6.58 Å². The number of rotatable bonds is 3. The number of anilines is 1. The number of nitrogens with zero attached hydrogens (tertiary/aromatic N) is 5. The lowest BCUT2D eigenvalue weighted by molar-refractivity contribution is -0.129. The Bertz CT molecular complexity index is 728. The first kappa shape index (κ1) is 16.5. The molecule has 1 aromatic rings. The number of hydrogen-bond acceptors (Lipinski definition) is 4. The Hall–Kier alpha value is -2.37. The average molecular weight is 327 g/mol. The lowest BCUT2D eigenvalue weighted by Crippen LogP contribution is -2.36. The van der Waals surface area contributed by atoms with Gasteiger partial charge in [-0.3, -0.25) is 14.5 Å². The van der Waals surface area contributed by atoms with E-state index in [9.17, 15) is 4.79 Å². The molecule has 0 aromatic carbocycles. The van der Waals surface area contributed by atoms with Crippen LogP contribution in [-0.2, 0) is 24.8 Å². The van der Waals surface area contributed by atoms with Crippen molar-refractivity contribution in [2.75, 3.05) is 25.0 Å². The second-order valence-electron chi connectivity index (χ2n) is 6.32. The molecule has 0 aliphatic carbocycles. The minimum Gasteiger partial charge on any atom is -0.338 e. The van der Waals surface area contributed by atoms with Crippen LogP contribution in [0, 0.1) is 0 Å². The summed E-state index contributed by atoms with van der Waals surface area (Å²) in [5.74, 6) is 1.07. The SMILES string of the molecule is C=CC1=C(C=NC)CCCN1c1nn(C)c2c1CN(C(C)=O)CC2. The van der Waals surface area contributed by atoms with Gasteiger partial charge in [-0.25, -0.2) is 0 Å². The Labute approximate surface area is 143 Å². The molecule has 0 unspecified atom stereocenters. The normalized spacial score (nSPS) is 18.3. The minimum absolute atomic E-state index is 0.118. The summed E-state index contributed by atoms with van der Waals surface area (Å²) in [7, 11) is 3.78. The smallest absolute Gasteiger partial charge is 0.219 e. The molecule has 2 aliphatic heterocycles. The molecule has 1 aromatic heterocycles. The molecule has 0 saturated heterocycles. The van der Waals surface area contributed by atoms with Gasteiger partial charge in [0.25, 0.3) is 0 Å². The van der Waals surface area contributed by atoms with Gasteiger partial charge in [-0.05, 0) is 24.5 Å². The van der Waals surface area contributed by atoms with E-state index in [1.165, 1.54) is 11.3 Å². The quantitative estimate of drug-likeness (QED) is 0.799. The van der Waals surface area contributed by atoms with E-state index in [1.54, 1.807) is 14.0 Å². The Morgan fingerprint density at radius 1 is 1.33 bits per heavy atom. The average Bonchev–Trinajstić information content (AvgIpc) is 2.91. The highest BCUT2D eigenvalue weighted by atomic mass is 16.2. The first-order valence-electron chi connectivity index (χ1n) is 8.42. The van der Waals surface area contributed by atoms with E-state index in [-0.39, 0.29) is 5.91 Å². The molecule has 0 radical (unpaired) electrons.